The summed E-state index contributed by atoms with van der Waals surface area (Å²) in [6.45, 7) is 3.53. The summed E-state index contributed by atoms with van der Waals surface area (Å²) < 4.78 is 0. The van der Waals surface area contributed by atoms with E-state index in [-0.39, 0.29) is 24.9 Å². The van der Waals surface area contributed by atoms with Crippen molar-refractivity contribution in [2.45, 2.75) is 13.0 Å². The third kappa shape index (κ3) is 4.57. The molecule has 25 heavy (non-hydrogen) atoms. The minimum Gasteiger partial charge on any atom is -0.344 e. The zero-order valence-corrected chi connectivity index (χ0v) is 14.5. The zero-order chi connectivity index (χ0) is 17.8. The average Bonchev–Trinajstić information content (AvgIpc) is 3.14. The van der Waals surface area contributed by atoms with E-state index in [9.17, 15) is 14.4 Å². The fraction of sp³-hybridized carbons (Fsp3) is 0.500. The van der Waals surface area contributed by atoms with Crippen LogP contribution >= 0.6 is 0 Å². The van der Waals surface area contributed by atoms with Crippen molar-refractivity contribution in [1.29, 1.82) is 0 Å². The second-order valence-corrected chi connectivity index (χ2v) is 6.86. The first-order valence-electron chi connectivity index (χ1n) is 8.60. The first-order valence-corrected chi connectivity index (χ1v) is 8.60. The van der Waals surface area contributed by atoms with Crippen LogP contribution in [-0.4, -0.2) is 72.3 Å². The topological polar surface area (TPSA) is 73.0 Å². The number of carbonyl (C=O) groups excluding carboxylic acids is 3. The van der Waals surface area contributed by atoms with Gasteiger partial charge in [-0.1, -0.05) is 30.3 Å². The van der Waals surface area contributed by atoms with E-state index in [0.717, 1.165) is 26.1 Å². The summed E-state index contributed by atoms with van der Waals surface area (Å²) in [5.74, 6) is -0.0501. The molecule has 0 spiro atoms. The van der Waals surface area contributed by atoms with Crippen molar-refractivity contribution in [3.05, 3.63) is 35.9 Å². The van der Waals surface area contributed by atoms with Crippen molar-refractivity contribution in [2.24, 2.45) is 5.92 Å². The lowest BCUT2D eigenvalue weighted by Crippen LogP contribution is -2.41. The molecule has 2 heterocycles. The molecular formula is C18H24N4O3. The van der Waals surface area contributed by atoms with Gasteiger partial charge in [-0.25, -0.2) is 4.79 Å². The number of urea groups is 1. The molecule has 1 aromatic carbocycles. The standard InChI is InChI=1S/C18H24N4O3/c1-20(17(24)13-22-12-16(23)19-18(22)25)9-15-7-8-21(11-15)10-14-5-3-2-4-6-14/h2-6,15H,7-13H2,1H3,(H,19,23,25)/t15-/m1/s1. The number of likely N-dealkylation sites (N-methyl/N-ethyl adjacent to an activating group) is 1. The number of nitrogens with one attached hydrogen (secondary N) is 1. The van der Waals surface area contributed by atoms with E-state index < -0.39 is 6.03 Å². The largest absolute Gasteiger partial charge is 0.344 e. The number of imide groups is 1. The maximum Gasteiger partial charge on any atom is 0.325 e. The van der Waals surface area contributed by atoms with Crippen LogP contribution in [0.25, 0.3) is 0 Å². The summed E-state index contributed by atoms with van der Waals surface area (Å²) in [7, 11) is 1.76. The van der Waals surface area contributed by atoms with E-state index in [4.69, 9.17) is 0 Å². The zero-order valence-electron chi connectivity index (χ0n) is 14.5. The molecule has 2 saturated heterocycles. The Balaban J connectivity index is 1.44. The summed E-state index contributed by atoms with van der Waals surface area (Å²) in [5.41, 5.74) is 1.30. The van der Waals surface area contributed by atoms with Crippen LogP contribution in [0.15, 0.2) is 30.3 Å². The minimum atomic E-state index is -0.485. The molecule has 2 aliphatic rings. The molecule has 2 fully saturated rings. The Hall–Kier alpha value is -2.41. The van der Waals surface area contributed by atoms with E-state index in [1.807, 2.05) is 6.07 Å². The van der Waals surface area contributed by atoms with Crippen LogP contribution in [0.1, 0.15) is 12.0 Å². The Morgan fingerprint density at radius 1 is 1.28 bits per heavy atom. The molecule has 4 amide bonds. The van der Waals surface area contributed by atoms with Gasteiger partial charge in [-0.05, 0) is 24.4 Å². The van der Waals surface area contributed by atoms with Crippen LogP contribution in [-0.2, 0) is 16.1 Å². The van der Waals surface area contributed by atoms with Gasteiger partial charge >= 0.3 is 6.03 Å². The van der Waals surface area contributed by atoms with Crippen molar-refractivity contribution >= 4 is 17.8 Å². The molecule has 1 N–H and O–H groups in total. The lowest BCUT2D eigenvalue weighted by atomic mass is 10.1. The van der Waals surface area contributed by atoms with Gasteiger partial charge in [-0.2, -0.15) is 0 Å². The Morgan fingerprint density at radius 2 is 2.04 bits per heavy atom. The van der Waals surface area contributed by atoms with E-state index >= 15 is 0 Å². The number of hydrogen-bond acceptors (Lipinski definition) is 4. The first kappa shape index (κ1) is 17.4. The second kappa shape index (κ2) is 7.65. The number of rotatable bonds is 6. The molecule has 7 heteroatoms. The molecule has 134 valence electrons. The smallest absolute Gasteiger partial charge is 0.325 e. The lowest BCUT2D eigenvalue weighted by molar-refractivity contribution is -0.131. The van der Waals surface area contributed by atoms with Crippen LogP contribution in [0.4, 0.5) is 4.79 Å². The highest BCUT2D eigenvalue weighted by Gasteiger charge is 2.30. The van der Waals surface area contributed by atoms with Crippen LogP contribution < -0.4 is 5.32 Å². The van der Waals surface area contributed by atoms with Gasteiger partial charge in [0.2, 0.25) is 11.8 Å². The summed E-state index contributed by atoms with van der Waals surface area (Å²) in [5, 5.41) is 2.18. The molecule has 0 aliphatic carbocycles. The second-order valence-electron chi connectivity index (χ2n) is 6.86. The quantitative estimate of drug-likeness (QED) is 0.764. The van der Waals surface area contributed by atoms with E-state index in [1.165, 1.54) is 10.5 Å². The van der Waals surface area contributed by atoms with Gasteiger partial charge in [0.05, 0.1) is 0 Å². The Labute approximate surface area is 147 Å². The number of amides is 4. The molecule has 1 atom stereocenters. The molecule has 0 radical (unpaired) electrons. The molecule has 1 aromatic rings. The summed E-state index contributed by atoms with van der Waals surface area (Å²) >= 11 is 0. The van der Waals surface area contributed by atoms with Gasteiger partial charge in [0.15, 0.2) is 0 Å². The minimum absolute atomic E-state index is 0.0350. The fourth-order valence-electron chi connectivity index (χ4n) is 3.43. The highest BCUT2D eigenvalue weighted by atomic mass is 16.2. The Kier molecular flexibility index (Phi) is 5.33. The van der Waals surface area contributed by atoms with E-state index in [2.05, 4.69) is 34.5 Å². The van der Waals surface area contributed by atoms with Gasteiger partial charge in [-0.15, -0.1) is 0 Å². The van der Waals surface area contributed by atoms with Gasteiger partial charge < -0.3 is 9.80 Å². The normalized spacial score (nSPS) is 20.8. The van der Waals surface area contributed by atoms with Crippen LogP contribution in [0.2, 0.25) is 0 Å². The Bertz CT molecular complexity index is 649. The van der Waals surface area contributed by atoms with Crippen molar-refractivity contribution in [2.75, 3.05) is 39.8 Å². The van der Waals surface area contributed by atoms with E-state index in [1.54, 1.807) is 11.9 Å². The summed E-state index contributed by atoms with van der Waals surface area (Å²) in [6.07, 6.45) is 1.06. The van der Waals surface area contributed by atoms with Gasteiger partial charge in [0, 0.05) is 26.7 Å². The molecule has 3 rings (SSSR count). The summed E-state index contributed by atoms with van der Waals surface area (Å²) in [6, 6.07) is 9.90. The molecule has 0 unspecified atom stereocenters. The van der Waals surface area contributed by atoms with Gasteiger partial charge in [0.25, 0.3) is 0 Å². The van der Waals surface area contributed by atoms with Crippen LogP contribution in [0.3, 0.4) is 0 Å². The highest BCUT2D eigenvalue weighted by molar-refractivity contribution is 6.03. The SMILES string of the molecule is CN(C[C@H]1CCN(Cc2ccccc2)C1)C(=O)CN1CC(=O)NC1=O. The predicted octanol–water partition coefficient (Wildman–Crippen LogP) is 0.519. The number of benzene rings is 1. The molecule has 2 aliphatic heterocycles. The average molecular weight is 344 g/mol. The lowest BCUT2D eigenvalue weighted by Gasteiger charge is -2.23. The number of likely N-dealkylation sites (tertiary alicyclic amines) is 1. The van der Waals surface area contributed by atoms with E-state index in [0.29, 0.717) is 12.5 Å². The third-order valence-electron chi connectivity index (χ3n) is 4.77. The highest BCUT2D eigenvalue weighted by Crippen LogP contribution is 2.19. The first-order chi connectivity index (χ1) is 12.0. The van der Waals surface area contributed by atoms with Crippen molar-refractivity contribution in [1.82, 2.24) is 20.0 Å². The van der Waals surface area contributed by atoms with Crippen molar-refractivity contribution < 1.29 is 14.4 Å². The number of nitrogens with zero attached hydrogens (tertiary/aromatic N) is 3. The number of carbonyl (C=O) groups is 3. The fourth-order valence-corrected chi connectivity index (χ4v) is 3.43. The molecule has 7 nitrogen and oxygen atoms in total. The molecule has 0 bridgehead atoms. The van der Waals surface area contributed by atoms with Gasteiger partial charge in [0.1, 0.15) is 13.1 Å². The number of hydrogen-bond donors (Lipinski definition) is 1. The van der Waals surface area contributed by atoms with Crippen LogP contribution in [0, 0.1) is 5.92 Å². The van der Waals surface area contributed by atoms with Crippen molar-refractivity contribution in [3.63, 3.8) is 0 Å². The van der Waals surface area contributed by atoms with Gasteiger partial charge in [-0.3, -0.25) is 19.8 Å². The van der Waals surface area contributed by atoms with Crippen LogP contribution in [0.5, 0.6) is 0 Å². The molecule has 0 saturated carbocycles. The maximum absolute atomic E-state index is 12.3. The van der Waals surface area contributed by atoms with Crippen molar-refractivity contribution in [3.8, 4) is 0 Å². The molecule has 0 aromatic heterocycles. The summed E-state index contributed by atoms with van der Waals surface area (Å²) in [4.78, 5) is 40.3. The Morgan fingerprint density at radius 3 is 2.72 bits per heavy atom. The third-order valence-corrected chi connectivity index (χ3v) is 4.77. The monoisotopic (exact) mass is 344 g/mol. The molecular weight excluding hydrogens is 320 g/mol. The predicted molar refractivity (Wildman–Crippen MR) is 92.6 cm³/mol. The maximum atomic E-state index is 12.3.